The van der Waals surface area contributed by atoms with Crippen molar-refractivity contribution in [3.8, 4) is 11.4 Å². The van der Waals surface area contributed by atoms with E-state index < -0.39 is 0 Å². The lowest BCUT2D eigenvalue weighted by molar-refractivity contribution is 1.13. The molecule has 3 heteroatoms. The van der Waals surface area contributed by atoms with Crippen LogP contribution in [0.3, 0.4) is 0 Å². The van der Waals surface area contributed by atoms with Gasteiger partial charge in [-0.3, -0.25) is 0 Å². The van der Waals surface area contributed by atoms with Crippen molar-refractivity contribution in [1.82, 2.24) is 9.97 Å². The normalized spacial score (nSPS) is 10.2. The van der Waals surface area contributed by atoms with Crippen LogP contribution in [0.2, 0.25) is 0 Å². The summed E-state index contributed by atoms with van der Waals surface area (Å²) in [6.07, 6.45) is 1.84. The Morgan fingerprint density at radius 3 is 2.38 bits per heavy atom. The lowest BCUT2D eigenvalue weighted by atomic mass is 10.1. The maximum absolute atomic E-state index is 4.47. The van der Waals surface area contributed by atoms with Crippen LogP contribution in [0, 0.1) is 13.8 Å². The van der Waals surface area contributed by atoms with Gasteiger partial charge in [-0.1, -0.05) is 29.8 Å². The Morgan fingerprint density at radius 1 is 1.06 bits per heavy atom. The average molecular weight is 213 g/mol. The summed E-state index contributed by atoms with van der Waals surface area (Å²) in [5.74, 6) is 1.64. The molecular weight excluding hydrogens is 198 g/mol. The highest BCUT2D eigenvalue weighted by atomic mass is 15.0. The van der Waals surface area contributed by atoms with Crippen LogP contribution >= 0.6 is 0 Å². The molecule has 0 amide bonds. The maximum atomic E-state index is 4.47. The Kier molecular flexibility index (Phi) is 2.86. The Hall–Kier alpha value is -1.90. The number of aromatic nitrogens is 2. The van der Waals surface area contributed by atoms with Gasteiger partial charge in [-0.25, -0.2) is 9.97 Å². The molecule has 1 heterocycles. The summed E-state index contributed by atoms with van der Waals surface area (Å²) in [6.45, 7) is 4.06. The highest BCUT2D eigenvalue weighted by Crippen LogP contribution is 2.18. The van der Waals surface area contributed by atoms with E-state index >= 15 is 0 Å². The van der Waals surface area contributed by atoms with E-state index in [4.69, 9.17) is 0 Å². The van der Waals surface area contributed by atoms with Crippen molar-refractivity contribution in [3.63, 3.8) is 0 Å². The van der Waals surface area contributed by atoms with Crippen LogP contribution in [0.5, 0.6) is 0 Å². The third-order valence-electron chi connectivity index (χ3n) is 2.52. The monoisotopic (exact) mass is 213 g/mol. The van der Waals surface area contributed by atoms with Gasteiger partial charge < -0.3 is 5.32 Å². The fraction of sp³-hybridized carbons (Fsp3) is 0.231. The van der Waals surface area contributed by atoms with Crippen LogP contribution in [0.15, 0.2) is 30.5 Å². The lowest BCUT2D eigenvalue weighted by Gasteiger charge is -2.06. The molecule has 3 nitrogen and oxygen atoms in total. The first-order chi connectivity index (χ1) is 7.70. The molecule has 1 aromatic carbocycles. The standard InChI is InChI=1S/C13H15N3/c1-9-4-6-11(7-5-9)13-15-8-10(2)12(14-3)16-13/h4-8H,1-3H3,(H,14,15,16). The molecule has 82 valence electrons. The van der Waals surface area contributed by atoms with Gasteiger partial charge in [-0.2, -0.15) is 0 Å². The Labute approximate surface area is 95.6 Å². The zero-order valence-corrected chi connectivity index (χ0v) is 9.78. The van der Waals surface area contributed by atoms with Crippen molar-refractivity contribution in [3.05, 3.63) is 41.6 Å². The summed E-state index contributed by atoms with van der Waals surface area (Å²) >= 11 is 0. The van der Waals surface area contributed by atoms with Crippen LogP contribution in [0.4, 0.5) is 5.82 Å². The van der Waals surface area contributed by atoms with Crippen molar-refractivity contribution in [2.45, 2.75) is 13.8 Å². The van der Waals surface area contributed by atoms with Crippen LogP contribution < -0.4 is 5.32 Å². The van der Waals surface area contributed by atoms with Gasteiger partial charge in [0, 0.05) is 24.4 Å². The van der Waals surface area contributed by atoms with Crippen molar-refractivity contribution in [2.75, 3.05) is 12.4 Å². The third-order valence-corrected chi connectivity index (χ3v) is 2.52. The molecule has 0 radical (unpaired) electrons. The first-order valence-electron chi connectivity index (χ1n) is 5.29. The summed E-state index contributed by atoms with van der Waals surface area (Å²) < 4.78 is 0. The smallest absolute Gasteiger partial charge is 0.161 e. The van der Waals surface area contributed by atoms with Gasteiger partial charge in [0.05, 0.1) is 0 Å². The Bertz CT molecular complexity index is 489. The van der Waals surface area contributed by atoms with E-state index in [1.807, 2.05) is 32.3 Å². The van der Waals surface area contributed by atoms with E-state index in [-0.39, 0.29) is 0 Å². The minimum absolute atomic E-state index is 0.759. The Balaban J connectivity index is 2.44. The van der Waals surface area contributed by atoms with Crippen LogP contribution in [-0.4, -0.2) is 17.0 Å². The van der Waals surface area contributed by atoms with Gasteiger partial charge >= 0.3 is 0 Å². The molecule has 0 aliphatic rings. The molecule has 0 fully saturated rings. The topological polar surface area (TPSA) is 37.8 Å². The zero-order chi connectivity index (χ0) is 11.5. The molecule has 0 atom stereocenters. The van der Waals surface area contributed by atoms with E-state index in [2.05, 4.69) is 34.3 Å². The van der Waals surface area contributed by atoms with E-state index in [1.165, 1.54) is 5.56 Å². The Morgan fingerprint density at radius 2 is 1.75 bits per heavy atom. The van der Waals surface area contributed by atoms with E-state index in [9.17, 15) is 0 Å². The van der Waals surface area contributed by atoms with Crippen LogP contribution in [-0.2, 0) is 0 Å². The predicted molar refractivity (Wildman–Crippen MR) is 66.5 cm³/mol. The first kappa shape index (κ1) is 10.6. The number of hydrogen-bond donors (Lipinski definition) is 1. The van der Waals surface area contributed by atoms with Gasteiger partial charge in [0.25, 0.3) is 0 Å². The number of aryl methyl sites for hydroxylation is 2. The number of nitrogens with zero attached hydrogens (tertiary/aromatic N) is 2. The van der Waals surface area contributed by atoms with Gasteiger partial charge in [0.2, 0.25) is 0 Å². The minimum atomic E-state index is 0.759. The second-order valence-corrected chi connectivity index (χ2v) is 3.84. The van der Waals surface area contributed by atoms with Gasteiger partial charge in [-0.05, 0) is 13.8 Å². The van der Waals surface area contributed by atoms with Crippen LogP contribution in [0.1, 0.15) is 11.1 Å². The predicted octanol–water partition coefficient (Wildman–Crippen LogP) is 2.80. The quantitative estimate of drug-likeness (QED) is 0.833. The average Bonchev–Trinajstić information content (AvgIpc) is 2.31. The van der Waals surface area contributed by atoms with E-state index in [1.54, 1.807) is 0 Å². The zero-order valence-electron chi connectivity index (χ0n) is 9.78. The number of nitrogens with one attached hydrogen (secondary N) is 1. The summed E-state index contributed by atoms with van der Waals surface area (Å²) in [5, 5.41) is 3.07. The van der Waals surface area contributed by atoms with E-state index in [0.29, 0.717) is 0 Å². The molecule has 16 heavy (non-hydrogen) atoms. The van der Waals surface area contributed by atoms with Crippen LogP contribution in [0.25, 0.3) is 11.4 Å². The number of benzene rings is 1. The second kappa shape index (κ2) is 4.31. The summed E-state index contributed by atoms with van der Waals surface area (Å²) in [4.78, 5) is 8.80. The largest absolute Gasteiger partial charge is 0.373 e. The molecule has 0 aliphatic heterocycles. The molecule has 0 aliphatic carbocycles. The molecule has 1 aromatic heterocycles. The molecule has 0 spiro atoms. The number of rotatable bonds is 2. The fourth-order valence-corrected chi connectivity index (χ4v) is 1.54. The molecule has 0 saturated carbocycles. The number of anilines is 1. The van der Waals surface area contributed by atoms with E-state index in [0.717, 1.165) is 22.8 Å². The summed E-state index contributed by atoms with van der Waals surface area (Å²) in [6, 6.07) is 8.22. The van der Waals surface area contributed by atoms with Gasteiger partial charge in [-0.15, -0.1) is 0 Å². The van der Waals surface area contributed by atoms with Gasteiger partial charge in [0.1, 0.15) is 5.82 Å². The molecular formula is C13H15N3. The molecule has 1 N–H and O–H groups in total. The van der Waals surface area contributed by atoms with Crippen molar-refractivity contribution in [1.29, 1.82) is 0 Å². The van der Waals surface area contributed by atoms with Crippen molar-refractivity contribution >= 4 is 5.82 Å². The number of hydrogen-bond acceptors (Lipinski definition) is 3. The minimum Gasteiger partial charge on any atom is -0.373 e. The molecule has 0 bridgehead atoms. The third kappa shape index (κ3) is 2.03. The lowest BCUT2D eigenvalue weighted by Crippen LogP contribution is -1.99. The molecule has 0 saturated heterocycles. The highest BCUT2D eigenvalue weighted by Gasteiger charge is 2.04. The molecule has 2 aromatic rings. The summed E-state index contributed by atoms with van der Waals surface area (Å²) in [7, 11) is 1.87. The van der Waals surface area contributed by atoms with Crippen molar-refractivity contribution < 1.29 is 0 Å². The highest BCUT2D eigenvalue weighted by molar-refractivity contribution is 5.58. The second-order valence-electron chi connectivity index (χ2n) is 3.84. The first-order valence-corrected chi connectivity index (χ1v) is 5.29. The molecule has 2 rings (SSSR count). The van der Waals surface area contributed by atoms with Gasteiger partial charge in [0.15, 0.2) is 5.82 Å². The fourth-order valence-electron chi connectivity index (χ4n) is 1.54. The SMILES string of the molecule is CNc1nc(-c2ccc(C)cc2)ncc1C. The molecule has 0 unspecified atom stereocenters. The maximum Gasteiger partial charge on any atom is 0.161 e. The summed E-state index contributed by atoms with van der Waals surface area (Å²) in [5.41, 5.74) is 3.34. The van der Waals surface area contributed by atoms with Crippen molar-refractivity contribution in [2.24, 2.45) is 0 Å².